The first kappa shape index (κ1) is 9.98. The van der Waals surface area contributed by atoms with Gasteiger partial charge in [0.05, 0.1) is 6.61 Å². The zero-order valence-electron chi connectivity index (χ0n) is 8.40. The number of rotatable bonds is 2. The van der Waals surface area contributed by atoms with Crippen LogP contribution < -0.4 is 4.74 Å². The van der Waals surface area contributed by atoms with Gasteiger partial charge in [-0.1, -0.05) is 18.2 Å². The Morgan fingerprint density at radius 2 is 2.27 bits per heavy atom. The average molecular weight is 208 g/mol. The van der Waals surface area contributed by atoms with Crippen LogP contribution in [0.1, 0.15) is 12.0 Å². The summed E-state index contributed by atoms with van der Waals surface area (Å²) in [6.07, 6.45) is 0.329. The number of carboxylic acids is 1. The van der Waals surface area contributed by atoms with Crippen LogP contribution in [0.4, 0.5) is 0 Å². The molecule has 1 aromatic rings. The number of hydrogen-bond donors (Lipinski definition) is 1. The van der Waals surface area contributed by atoms with Crippen molar-refractivity contribution >= 4 is 5.97 Å². The maximum atomic E-state index is 11.3. The molecule has 0 radical (unpaired) electrons. The highest BCUT2D eigenvalue weighted by molar-refractivity contribution is 5.81. The second kappa shape index (κ2) is 3.55. The Balaban J connectivity index is 2.57. The summed E-state index contributed by atoms with van der Waals surface area (Å²) in [5.41, 5.74) is -0.666. The lowest BCUT2D eigenvalue weighted by Crippen LogP contribution is -2.42. The Bertz CT molecular complexity index is 388. The van der Waals surface area contributed by atoms with E-state index in [-0.39, 0.29) is 0 Å². The van der Waals surface area contributed by atoms with E-state index in [1.807, 2.05) is 6.07 Å². The summed E-state index contributed by atoms with van der Waals surface area (Å²) in [5, 5.41) is 9.25. The minimum absolute atomic E-state index is 0.329. The molecule has 15 heavy (non-hydrogen) atoms. The second-order valence-corrected chi connectivity index (χ2v) is 3.43. The van der Waals surface area contributed by atoms with Gasteiger partial charge in [0.2, 0.25) is 0 Å². The van der Waals surface area contributed by atoms with Crippen LogP contribution in [0, 0.1) is 0 Å². The maximum absolute atomic E-state index is 11.3. The van der Waals surface area contributed by atoms with Gasteiger partial charge in [0.15, 0.2) is 5.60 Å². The number of methoxy groups -OCH3 is 1. The number of carboxylic acid groups (broad SMARTS) is 1. The van der Waals surface area contributed by atoms with E-state index in [0.717, 1.165) is 0 Å². The number of para-hydroxylation sites is 1. The van der Waals surface area contributed by atoms with Gasteiger partial charge in [-0.25, -0.2) is 4.79 Å². The van der Waals surface area contributed by atoms with Crippen molar-refractivity contribution in [2.24, 2.45) is 0 Å². The SMILES string of the molecule is COC1(C(=O)O)CCOc2ccccc21. The third-order valence-electron chi connectivity index (χ3n) is 2.73. The lowest BCUT2D eigenvalue weighted by Gasteiger charge is -2.33. The molecule has 1 aromatic carbocycles. The van der Waals surface area contributed by atoms with Crippen LogP contribution in [-0.4, -0.2) is 24.8 Å². The summed E-state index contributed by atoms with van der Waals surface area (Å²) in [5.74, 6) is -0.381. The topological polar surface area (TPSA) is 55.8 Å². The zero-order chi connectivity index (χ0) is 10.9. The molecular weight excluding hydrogens is 196 g/mol. The monoisotopic (exact) mass is 208 g/mol. The van der Waals surface area contributed by atoms with Crippen LogP contribution in [0.5, 0.6) is 5.75 Å². The van der Waals surface area contributed by atoms with E-state index < -0.39 is 11.6 Å². The summed E-state index contributed by atoms with van der Waals surface area (Å²) in [4.78, 5) is 11.3. The van der Waals surface area contributed by atoms with Crippen LogP contribution in [-0.2, 0) is 15.1 Å². The zero-order valence-corrected chi connectivity index (χ0v) is 8.40. The summed E-state index contributed by atoms with van der Waals surface area (Å²) >= 11 is 0. The van der Waals surface area contributed by atoms with Gasteiger partial charge in [0, 0.05) is 19.1 Å². The lowest BCUT2D eigenvalue weighted by atomic mass is 9.88. The number of fused-ring (bicyclic) bond motifs is 1. The first-order chi connectivity index (χ1) is 7.20. The molecule has 0 aliphatic carbocycles. The smallest absolute Gasteiger partial charge is 0.340 e. The highest BCUT2D eigenvalue weighted by Crippen LogP contribution is 2.39. The maximum Gasteiger partial charge on any atom is 0.340 e. The largest absolute Gasteiger partial charge is 0.493 e. The first-order valence-electron chi connectivity index (χ1n) is 4.71. The number of aliphatic carboxylic acids is 1. The van der Waals surface area contributed by atoms with E-state index in [9.17, 15) is 9.90 Å². The summed E-state index contributed by atoms with van der Waals surface area (Å²) < 4.78 is 10.6. The molecule has 1 unspecified atom stereocenters. The fourth-order valence-electron chi connectivity index (χ4n) is 1.89. The third-order valence-corrected chi connectivity index (χ3v) is 2.73. The molecule has 1 aliphatic rings. The fourth-order valence-corrected chi connectivity index (χ4v) is 1.89. The molecule has 0 saturated carbocycles. The van der Waals surface area contributed by atoms with Crippen molar-refractivity contribution in [2.45, 2.75) is 12.0 Å². The Morgan fingerprint density at radius 1 is 1.53 bits per heavy atom. The van der Waals surface area contributed by atoms with Crippen molar-refractivity contribution in [2.75, 3.05) is 13.7 Å². The predicted molar refractivity (Wildman–Crippen MR) is 52.9 cm³/mol. The van der Waals surface area contributed by atoms with Crippen LogP contribution in [0.15, 0.2) is 24.3 Å². The van der Waals surface area contributed by atoms with Gasteiger partial charge in [-0.2, -0.15) is 0 Å². The van der Waals surface area contributed by atoms with Crippen LogP contribution in [0.2, 0.25) is 0 Å². The van der Waals surface area contributed by atoms with Crippen molar-refractivity contribution in [3.05, 3.63) is 29.8 Å². The van der Waals surface area contributed by atoms with Gasteiger partial charge in [-0.05, 0) is 6.07 Å². The van der Waals surface area contributed by atoms with Gasteiger partial charge in [0.25, 0.3) is 0 Å². The molecular formula is C11H12O4. The molecule has 1 heterocycles. The fraction of sp³-hybridized carbons (Fsp3) is 0.364. The Hall–Kier alpha value is -1.55. The third kappa shape index (κ3) is 1.37. The van der Waals surface area contributed by atoms with E-state index in [4.69, 9.17) is 9.47 Å². The minimum Gasteiger partial charge on any atom is -0.493 e. The van der Waals surface area contributed by atoms with Crippen molar-refractivity contribution < 1.29 is 19.4 Å². The molecule has 4 nitrogen and oxygen atoms in total. The van der Waals surface area contributed by atoms with E-state index >= 15 is 0 Å². The van der Waals surface area contributed by atoms with Crippen LogP contribution >= 0.6 is 0 Å². The number of benzene rings is 1. The van der Waals surface area contributed by atoms with Gasteiger partial charge >= 0.3 is 5.97 Å². The second-order valence-electron chi connectivity index (χ2n) is 3.43. The molecule has 0 aromatic heterocycles. The molecule has 0 spiro atoms. The van der Waals surface area contributed by atoms with Crippen molar-refractivity contribution in [1.29, 1.82) is 0 Å². The van der Waals surface area contributed by atoms with Gasteiger partial charge in [-0.15, -0.1) is 0 Å². The van der Waals surface area contributed by atoms with Crippen molar-refractivity contribution in [1.82, 2.24) is 0 Å². The van der Waals surface area contributed by atoms with Crippen molar-refractivity contribution in [3.8, 4) is 5.75 Å². The normalized spacial score (nSPS) is 24.1. The lowest BCUT2D eigenvalue weighted by molar-refractivity contribution is -0.167. The van der Waals surface area contributed by atoms with Gasteiger partial charge < -0.3 is 14.6 Å². The summed E-state index contributed by atoms with van der Waals surface area (Å²) in [7, 11) is 1.41. The first-order valence-corrected chi connectivity index (χ1v) is 4.71. The van der Waals surface area contributed by atoms with E-state index in [1.54, 1.807) is 18.2 Å². The van der Waals surface area contributed by atoms with Crippen molar-refractivity contribution in [3.63, 3.8) is 0 Å². The van der Waals surface area contributed by atoms with E-state index in [2.05, 4.69) is 0 Å². The highest BCUT2D eigenvalue weighted by Gasteiger charge is 2.45. The minimum atomic E-state index is -1.26. The molecule has 2 rings (SSSR count). The quantitative estimate of drug-likeness (QED) is 0.798. The van der Waals surface area contributed by atoms with Crippen LogP contribution in [0.25, 0.3) is 0 Å². The highest BCUT2D eigenvalue weighted by atomic mass is 16.5. The molecule has 0 fully saturated rings. The van der Waals surface area contributed by atoms with E-state index in [1.165, 1.54) is 7.11 Å². The molecule has 1 atom stereocenters. The molecule has 4 heteroatoms. The Kier molecular flexibility index (Phi) is 2.36. The van der Waals surface area contributed by atoms with Gasteiger partial charge in [-0.3, -0.25) is 0 Å². The number of hydrogen-bond acceptors (Lipinski definition) is 3. The molecule has 1 aliphatic heterocycles. The standard InChI is InChI=1S/C11H12O4/c1-14-11(10(12)13)6-7-15-9-5-3-2-4-8(9)11/h2-5H,6-7H2,1H3,(H,12,13). The summed E-state index contributed by atoms with van der Waals surface area (Å²) in [6, 6.07) is 7.08. The van der Waals surface area contributed by atoms with E-state index in [0.29, 0.717) is 24.3 Å². The van der Waals surface area contributed by atoms with Crippen LogP contribution in [0.3, 0.4) is 0 Å². The predicted octanol–water partition coefficient (Wildman–Crippen LogP) is 1.40. The summed E-state index contributed by atoms with van der Waals surface area (Å²) in [6.45, 7) is 0.358. The average Bonchev–Trinajstić information content (AvgIpc) is 2.28. The Morgan fingerprint density at radius 3 is 2.93 bits per heavy atom. The molecule has 0 amide bonds. The number of ether oxygens (including phenoxy) is 2. The molecule has 80 valence electrons. The molecule has 1 N–H and O–H groups in total. The Labute approximate surface area is 87.4 Å². The molecule has 0 bridgehead atoms. The number of carbonyl (C=O) groups is 1. The molecule has 0 saturated heterocycles. The van der Waals surface area contributed by atoms with Gasteiger partial charge in [0.1, 0.15) is 5.75 Å².